The second-order valence-electron chi connectivity index (χ2n) is 7.04. The van der Waals surface area contributed by atoms with Gasteiger partial charge in [0, 0.05) is 37.5 Å². The van der Waals surface area contributed by atoms with E-state index in [0.717, 1.165) is 25.8 Å². The fraction of sp³-hybridized carbons (Fsp3) is 0.611. The van der Waals surface area contributed by atoms with E-state index >= 15 is 0 Å². The molecule has 24 heavy (non-hydrogen) atoms. The lowest BCUT2D eigenvalue weighted by Gasteiger charge is -2.25. The zero-order valence-corrected chi connectivity index (χ0v) is 13.8. The van der Waals surface area contributed by atoms with E-state index in [-0.39, 0.29) is 29.7 Å². The van der Waals surface area contributed by atoms with Gasteiger partial charge in [0.2, 0.25) is 5.91 Å². The molecule has 1 aliphatic carbocycles. The number of hydrogen-bond donors (Lipinski definition) is 3. The van der Waals surface area contributed by atoms with Crippen LogP contribution in [-0.4, -0.2) is 47.3 Å². The number of nitrogens with one attached hydrogen (secondary N) is 1. The summed E-state index contributed by atoms with van der Waals surface area (Å²) in [5.74, 6) is 0.0947. The largest absolute Gasteiger partial charge is 0.378 e. The number of carbonyl (C=O) groups excluding carboxylic acids is 1. The van der Waals surface area contributed by atoms with Crippen LogP contribution in [0, 0.1) is 11.7 Å². The highest BCUT2D eigenvalue weighted by atomic mass is 19.1. The van der Waals surface area contributed by atoms with Crippen LogP contribution in [0.25, 0.3) is 0 Å². The topological polar surface area (TPSA) is 78.6 Å². The first kappa shape index (κ1) is 17.3. The first-order valence-electron chi connectivity index (χ1n) is 8.74. The van der Waals surface area contributed by atoms with Gasteiger partial charge in [-0.05, 0) is 37.3 Å². The van der Waals surface area contributed by atoms with Crippen molar-refractivity contribution in [1.82, 2.24) is 10.2 Å². The molecule has 3 rings (SSSR count). The first-order chi connectivity index (χ1) is 11.5. The second-order valence-corrected chi connectivity index (χ2v) is 7.04. The number of rotatable bonds is 7. The van der Waals surface area contributed by atoms with E-state index in [0.29, 0.717) is 24.9 Å². The van der Waals surface area contributed by atoms with Crippen LogP contribution in [-0.2, 0) is 11.2 Å². The smallest absolute Gasteiger partial charge is 0.223 e. The highest BCUT2D eigenvalue weighted by Crippen LogP contribution is 2.29. The highest BCUT2D eigenvalue weighted by molar-refractivity contribution is 5.81. The van der Waals surface area contributed by atoms with E-state index in [1.54, 1.807) is 18.2 Å². The summed E-state index contributed by atoms with van der Waals surface area (Å²) < 4.78 is 13.7. The molecule has 0 bridgehead atoms. The molecule has 1 aliphatic heterocycles. The summed E-state index contributed by atoms with van der Waals surface area (Å²) in [5, 5.41) is 13.4. The molecule has 1 saturated carbocycles. The fourth-order valence-corrected chi connectivity index (χ4v) is 3.29. The Labute approximate surface area is 142 Å². The van der Waals surface area contributed by atoms with Crippen molar-refractivity contribution in [3.05, 3.63) is 35.6 Å². The number of benzene rings is 1. The van der Waals surface area contributed by atoms with Crippen molar-refractivity contribution in [2.45, 2.75) is 50.4 Å². The normalized spacial score (nSPS) is 23.9. The molecule has 0 radical (unpaired) electrons. The summed E-state index contributed by atoms with van der Waals surface area (Å²) in [4.78, 5) is 13.7. The van der Waals surface area contributed by atoms with Crippen molar-refractivity contribution >= 4 is 5.91 Å². The van der Waals surface area contributed by atoms with Gasteiger partial charge in [0.15, 0.2) is 0 Å². The SMILES string of the molecule is N[C@H](Cc1ccccc1F)CC(O)N1CC[C@@H](NC(=O)C2CC2)C1. The monoisotopic (exact) mass is 335 g/mol. The van der Waals surface area contributed by atoms with Crippen LogP contribution in [0.5, 0.6) is 0 Å². The van der Waals surface area contributed by atoms with E-state index in [4.69, 9.17) is 5.73 Å². The molecular formula is C18H26FN3O2. The van der Waals surface area contributed by atoms with Crippen molar-refractivity contribution in [1.29, 1.82) is 0 Å². The number of nitrogens with two attached hydrogens (primary N) is 1. The number of hydrogen-bond acceptors (Lipinski definition) is 4. The number of amides is 1. The number of carbonyl (C=O) groups is 1. The quantitative estimate of drug-likeness (QED) is 0.695. The van der Waals surface area contributed by atoms with Gasteiger partial charge in [-0.2, -0.15) is 0 Å². The maximum absolute atomic E-state index is 13.7. The predicted molar refractivity (Wildman–Crippen MR) is 89.5 cm³/mol. The van der Waals surface area contributed by atoms with Crippen molar-refractivity contribution in [3.63, 3.8) is 0 Å². The predicted octanol–water partition coefficient (Wildman–Crippen LogP) is 1.00. The van der Waals surface area contributed by atoms with E-state index in [9.17, 15) is 14.3 Å². The number of nitrogens with zero attached hydrogens (tertiary/aromatic N) is 1. The molecular weight excluding hydrogens is 309 g/mol. The van der Waals surface area contributed by atoms with E-state index in [1.807, 2.05) is 4.90 Å². The Morgan fingerprint density at radius 2 is 2.12 bits per heavy atom. The lowest BCUT2D eigenvalue weighted by Crippen LogP contribution is -2.42. The molecule has 5 nitrogen and oxygen atoms in total. The standard InChI is InChI=1S/C18H26FN3O2/c19-16-4-2-1-3-13(16)9-14(20)10-17(23)22-8-7-15(11-22)21-18(24)12-5-6-12/h1-4,12,14-15,17,23H,5-11,20H2,(H,21,24)/t14-,15-,17?/m1/s1. The zero-order chi connectivity index (χ0) is 17.1. The Balaban J connectivity index is 1.43. The van der Waals surface area contributed by atoms with E-state index in [1.165, 1.54) is 6.07 Å². The van der Waals surface area contributed by atoms with Gasteiger partial charge in [0.05, 0.1) is 0 Å². The maximum atomic E-state index is 13.7. The Kier molecular flexibility index (Phi) is 5.48. The van der Waals surface area contributed by atoms with Gasteiger partial charge in [-0.25, -0.2) is 4.39 Å². The number of likely N-dealkylation sites (tertiary alicyclic amines) is 1. The Bertz CT molecular complexity index is 579. The summed E-state index contributed by atoms with van der Waals surface area (Å²) in [7, 11) is 0. The second kappa shape index (κ2) is 7.59. The molecule has 0 aromatic heterocycles. The minimum absolute atomic E-state index is 0.107. The van der Waals surface area contributed by atoms with Gasteiger partial charge in [0.25, 0.3) is 0 Å². The van der Waals surface area contributed by atoms with Gasteiger partial charge in [-0.1, -0.05) is 18.2 Å². The average Bonchev–Trinajstić information content (AvgIpc) is 3.29. The molecule has 3 atom stereocenters. The summed E-state index contributed by atoms with van der Waals surface area (Å²) in [6.07, 6.45) is 2.97. The Morgan fingerprint density at radius 1 is 1.38 bits per heavy atom. The number of aliphatic hydroxyl groups is 1. The van der Waals surface area contributed by atoms with E-state index < -0.39 is 6.23 Å². The molecule has 1 unspecified atom stereocenters. The minimum Gasteiger partial charge on any atom is -0.378 e. The summed E-state index contributed by atoms with van der Waals surface area (Å²) in [6.45, 7) is 1.38. The molecule has 1 saturated heterocycles. The Morgan fingerprint density at radius 3 is 2.83 bits per heavy atom. The Hall–Kier alpha value is -1.50. The van der Waals surface area contributed by atoms with Crippen LogP contribution in [0.1, 0.15) is 31.2 Å². The molecule has 2 aliphatic rings. The third-order valence-corrected chi connectivity index (χ3v) is 4.89. The summed E-state index contributed by atoms with van der Waals surface area (Å²) in [5.41, 5.74) is 6.66. The average molecular weight is 335 g/mol. The molecule has 1 aromatic carbocycles. The number of aliphatic hydroxyl groups excluding tert-OH is 1. The lowest BCUT2D eigenvalue weighted by atomic mass is 10.0. The molecule has 4 N–H and O–H groups in total. The van der Waals surface area contributed by atoms with Crippen LogP contribution in [0.3, 0.4) is 0 Å². The molecule has 132 valence electrons. The van der Waals surface area contributed by atoms with Gasteiger partial charge in [-0.3, -0.25) is 9.69 Å². The minimum atomic E-state index is -0.658. The van der Waals surface area contributed by atoms with Crippen LogP contribution >= 0.6 is 0 Å². The van der Waals surface area contributed by atoms with Gasteiger partial charge < -0.3 is 16.2 Å². The number of halogens is 1. The molecule has 2 fully saturated rings. The first-order valence-corrected chi connectivity index (χ1v) is 8.74. The summed E-state index contributed by atoms with van der Waals surface area (Å²) in [6, 6.07) is 6.38. The zero-order valence-electron chi connectivity index (χ0n) is 13.8. The van der Waals surface area contributed by atoms with Crippen molar-refractivity contribution in [2.75, 3.05) is 13.1 Å². The fourth-order valence-electron chi connectivity index (χ4n) is 3.29. The van der Waals surface area contributed by atoms with Crippen molar-refractivity contribution in [2.24, 2.45) is 11.7 Å². The maximum Gasteiger partial charge on any atom is 0.223 e. The molecule has 0 spiro atoms. The molecule has 6 heteroatoms. The van der Waals surface area contributed by atoms with Crippen molar-refractivity contribution in [3.8, 4) is 0 Å². The third kappa shape index (κ3) is 4.53. The van der Waals surface area contributed by atoms with Gasteiger partial charge in [0.1, 0.15) is 12.0 Å². The third-order valence-electron chi connectivity index (χ3n) is 4.89. The van der Waals surface area contributed by atoms with Crippen LogP contribution in [0.4, 0.5) is 4.39 Å². The lowest BCUT2D eigenvalue weighted by molar-refractivity contribution is -0.123. The van der Waals surface area contributed by atoms with Gasteiger partial charge in [-0.15, -0.1) is 0 Å². The molecule has 1 amide bonds. The highest BCUT2D eigenvalue weighted by Gasteiger charge is 2.34. The van der Waals surface area contributed by atoms with Crippen LogP contribution < -0.4 is 11.1 Å². The van der Waals surface area contributed by atoms with E-state index in [2.05, 4.69) is 5.32 Å². The van der Waals surface area contributed by atoms with Gasteiger partial charge >= 0.3 is 0 Å². The van der Waals surface area contributed by atoms with Crippen LogP contribution in [0.2, 0.25) is 0 Å². The summed E-state index contributed by atoms with van der Waals surface area (Å²) >= 11 is 0. The molecule has 1 aromatic rings. The van der Waals surface area contributed by atoms with Crippen LogP contribution in [0.15, 0.2) is 24.3 Å². The van der Waals surface area contributed by atoms with Crippen molar-refractivity contribution < 1.29 is 14.3 Å². The molecule has 1 heterocycles.